The summed E-state index contributed by atoms with van der Waals surface area (Å²) in [7, 11) is 0. The summed E-state index contributed by atoms with van der Waals surface area (Å²) in [5.74, 6) is 0.358. The number of rotatable bonds is 5. The maximum absolute atomic E-state index is 11.7. The minimum atomic E-state index is -0.578. The van der Waals surface area contributed by atoms with Crippen LogP contribution in [0.2, 0.25) is 0 Å². The van der Waals surface area contributed by atoms with Crippen molar-refractivity contribution >= 4 is 18.0 Å². The molecule has 1 aromatic carbocycles. The second kappa shape index (κ2) is 8.84. The Kier molecular flexibility index (Phi) is 6.54. The van der Waals surface area contributed by atoms with Gasteiger partial charge in [0.25, 0.3) is 0 Å². The highest BCUT2D eigenvalue weighted by Crippen LogP contribution is 2.11. The molecule has 0 fully saturated rings. The Morgan fingerprint density at radius 2 is 1.73 bits per heavy atom. The van der Waals surface area contributed by atoms with Gasteiger partial charge in [-0.15, -0.1) is 0 Å². The van der Waals surface area contributed by atoms with Crippen molar-refractivity contribution in [1.82, 2.24) is 10.3 Å². The molecule has 2 amide bonds. The highest BCUT2D eigenvalue weighted by molar-refractivity contribution is 5.83. The topological polar surface area (TPSA) is 89.5 Å². The van der Waals surface area contributed by atoms with Gasteiger partial charge < -0.3 is 14.8 Å². The van der Waals surface area contributed by atoms with Crippen molar-refractivity contribution in [3.63, 3.8) is 0 Å². The predicted molar refractivity (Wildman–Crippen MR) is 97.6 cm³/mol. The number of carbonyl (C=O) groups is 2. The van der Waals surface area contributed by atoms with E-state index in [-0.39, 0.29) is 6.61 Å². The number of aromatic nitrogens is 1. The van der Waals surface area contributed by atoms with E-state index in [9.17, 15) is 9.59 Å². The molecule has 138 valence electrons. The quantitative estimate of drug-likeness (QED) is 0.848. The molecule has 0 spiro atoms. The van der Waals surface area contributed by atoms with Crippen molar-refractivity contribution in [3.8, 4) is 0 Å². The fraction of sp³-hybridized carbons (Fsp3) is 0.316. The lowest BCUT2D eigenvalue weighted by molar-refractivity contribution is 0.0635. The van der Waals surface area contributed by atoms with Crippen LogP contribution in [0.4, 0.5) is 15.4 Å². The average Bonchev–Trinajstić information content (AvgIpc) is 2.58. The van der Waals surface area contributed by atoms with Gasteiger partial charge in [0.15, 0.2) is 0 Å². The maximum Gasteiger partial charge on any atom is 0.413 e. The first-order valence-electron chi connectivity index (χ1n) is 8.21. The fourth-order valence-corrected chi connectivity index (χ4v) is 1.96. The molecule has 2 aromatic rings. The summed E-state index contributed by atoms with van der Waals surface area (Å²) in [6, 6.07) is 12.9. The van der Waals surface area contributed by atoms with Crippen LogP contribution in [-0.2, 0) is 22.6 Å². The Balaban J connectivity index is 1.74. The van der Waals surface area contributed by atoms with Crippen molar-refractivity contribution in [2.45, 2.75) is 39.5 Å². The lowest BCUT2D eigenvalue weighted by Crippen LogP contribution is -2.27. The Hall–Kier alpha value is -3.09. The van der Waals surface area contributed by atoms with Gasteiger partial charge in [0.2, 0.25) is 0 Å². The third-order valence-corrected chi connectivity index (χ3v) is 3.10. The number of amides is 2. The van der Waals surface area contributed by atoms with E-state index in [0.717, 1.165) is 5.56 Å². The van der Waals surface area contributed by atoms with Gasteiger partial charge in [0.05, 0.1) is 0 Å². The highest BCUT2D eigenvalue weighted by atomic mass is 16.6. The first-order chi connectivity index (χ1) is 12.3. The smallest absolute Gasteiger partial charge is 0.413 e. The van der Waals surface area contributed by atoms with Crippen molar-refractivity contribution < 1.29 is 19.1 Å². The number of hydrogen-bond donors (Lipinski definition) is 2. The average molecular weight is 357 g/mol. The molecular weight excluding hydrogens is 334 g/mol. The summed E-state index contributed by atoms with van der Waals surface area (Å²) in [6.45, 7) is 5.83. The minimum absolute atomic E-state index is 0.0837. The van der Waals surface area contributed by atoms with Gasteiger partial charge in [-0.25, -0.2) is 14.6 Å². The zero-order valence-electron chi connectivity index (χ0n) is 15.1. The Morgan fingerprint density at radius 3 is 2.35 bits per heavy atom. The number of ether oxygens (including phenoxy) is 2. The molecule has 2 rings (SSSR count). The molecule has 0 unspecified atom stereocenters. The number of anilines is 1. The summed E-state index contributed by atoms with van der Waals surface area (Å²) in [4.78, 5) is 27.5. The molecule has 0 saturated carbocycles. The molecule has 0 atom stereocenters. The third kappa shape index (κ3) is 7.21. The van der Waals surface area contributed by atoms with Gasteiger partial charge in [0, 0.05) is 18.3 Å². The Labute approximate surface area is 152 Å². The zero-order chi connectivity index (χ0) is 19.0. The van der Waals surface area contributed by atoms with Gasteiger partial charge in [0.1, 0.15) is 18.0 Å². The molecule has 0 aliphatic carbocycles. The number of nitrogens with zero attached hydrogens (tertiary/aromatic N) is 1. The van der Waals surface area contributed by atoms with E-state index in [1.54, 1.807) is 32.9 Å². The molecule has 0 bridgehead atoms. The summed E-state index contributed by atoms with van der Waals surface area (Å²) < 4.78 is 10.3. The normalized spacial score (nSPS) is 10.7. The van der Waals surface area contributed by atoms with E-state index >= 15 is 0 Å². The number of alkyl carbamates (subject to hydrolysis) is 1. The number of nitrogens with one attached hydrogen (secondary N) is 2. The van der Waals surface area contributed by atoms with E-state index < -0.39 is 17.8 Å². The molecule has 1 aromatic heterocycles. The third-order valence-electron chi connectivity index (χ3n) is 3.10. The van der Waals surface area contributed by atoms with E-state index in [4.69, 9.17) is 9.47 Å². The molecule has 7 heteroatoms. The maximum atomic E-state index is 11.7. The number of hydrogen-bond acceptors (Lipinski definition) is 5. The predicted octanol–water partition coefficient (Wildman–Crippen LogP) is 3.86. The van der Waals surface area contributed by atoms with Crippen LogP contribution in [0.1, 0.15) is 31.9 Å². The summed E-state index contributed by atoms with van der Waals surface area (Å²) in [5, 5.41) is 5.21. The van der Waals surface area contributed by atoms with Gasteiger partial charge in [-0.1, -0.05) is 36.4 Å². The summed E-state index contributed by atoms with van der Waals surface area (Å²) in [5.41, 5.74) is 1.11. The summed E-state index contributed by atoms with van der Waals surface area (Å²) >= 11 is 0. The van der Waals surface area contributed by atoms with Crippen LogP contribution in [0, 0.1) is 0 Å². The van der Waals surface area contributed by atoms with E-state index in [1.807, 2.05) is 30.3 Å². The van der Waals surface area contributed by atoms with Gasteiger partial charge in [-0.3, -0.25) is 5.32 Å². The van der Waals surface area contributed by atoms with Crippen LogP contribution in [0.5, 0.6) is 0 Å². The van der Waals surface area contributed by atoms with Gasteiger partial charge in [-0.05, 0) is 32.4 Å². The van der Waals surface area contributed by atoms with E-state index in [0.29, 0.717) is 17.9 Å². The largest absolute Gasteiger partial charge is 0.445 e. The molecule has 0 saturated heterocycles. The Bertz CT molecular complexity index is 725. The second-order valence-corrected chi connectivity index (χ2v) is 6.59. The van der Waals surface area contributed by atoms with Crippen molar-refractivity contribution in [2.24, 2.45) is 0 Å². The van der Waals surface area contributed by atoms with Crippen LogP contribution in [0.15, 0.2) is 48.7 Å². The van der Waals surface area contributed by atoms with Crippen molar-refractivity contribution in [2.75, 3.05) is 5.32 Å². The molecule has 26 heavy (non-hydrogen) atoms. The first kappa shape index (κ1) is 19.2. The SMILES string of the molecule is CC(C)(C)OC(=O)Nc1ccc(COC(=O)NCc2ccccc2)cn1. The van der Waals surface area contributed by atoms with E-state index in [1.165, 1.54) is 6.20 Å². The Morgan fingerprint density at radius 1 is 1.00 bits per heavy atom. The van der Waals surface area contributed by atoms with Crippen LogP contribution in [0.25, 0.3) is 0 Å². The van der Waals surface area contributed by atoms with Crippen LogP contribution in [-0.4, -0.2) is 22.8 Å². The molecule has 0 radical (unpaired) electrons. The standard InChI is InChI=1S/C19H23N3O4/c1-19(2,3)26-18(24)22-16-10-9-15(12-20-16)13-25-17(23)21-11-14-7-5-4-6-8-14/h4-10,12H,11,13H2,1-3H3,(H,21,23)(H,20,22,24). The van der Waals surface area contributed by atoms with Gasteiger partial charge >= 0.3 is 12.2 Å². The summed E-state index contributed by atoms with van der Waals surface area (Å²) in [6.07, 6.45) is 0.441. The molecule has 7 nitrogen and oxygen atoms in total. The fourth-order valence-electron chi connectivity index (χ4n) is 1.96. The minimum Gasteiger partial charge on any atom is -0.445 e. The first-order valence-corrected chi connectivity index (χ1v) is 8.21. The van der Waals surface area contributed by atoms with Gasteiger partial charge in [-0.2, -0.15) is 0 Å². The number of pyridine rings is 1. The van der Waals surface area contributed by atoms with Crippen LogP contribution >= 0.6 is 0 Å². The number of carbonyl (C=O) groups excluding carboxylic acids is 2. The number of benzene rings is 1. The molecule has 2 N–H and O–H groups in total. The van der Waals surface area contributed by atoms with Crippen molar-refractivity contribution in [1.29, 1.82) is 0 Å². The van der Waals surface area contributed by atoms with Crippen LogP contribution < -0.4 is 10.6 Å². The molecule has 0 aliphatic rings. The lowest BCUT2D eigenvalue weighted by atomic mass is 10.2. The molecular formula is C19H23N3O4. The lowest BCUT2D eigenvalue weighted by Gasteiger charge is -2.19. The van der Waals surface area contributed by atoms with Crippen molar-refractivity contribution in [3.05, 3.63) is 59.8 Å². The molecule has 1 heterocycles. The molecule has 0 aliphatic heterocycles. The van der Waals surface area contributed by atoms with E-state index in [2.05, 4.69) is 15.6 Å². The monoisotopic (exact) mass is 357 g/mol. The zero-order valence-corrected chi connectivity index (χ0v) is 15.1. The van der Waals surface area contributed by atoms with Crippen LogP contribution in [0.3, 0.4) is 0 Å². The highest BCUT2D eigenvalue weighted by Gasteiger charge is 2.16. The second-order valence-electron chi connectivity index (χ2n) is 6.59.